The van der Waals surface area contributed by atoms with Gasteiger partial charge in [-0.2, -0.15) is 0 Å². The van der Waals surface area contributed by atoms with E-state index >= 15 is 0 Å². The third-order valence-corrected chi connectivity index (χ3v) is 4.63. The average Bonchev–Trinajstić information content (AvgIpc) is 3.43. The van der Waals surface area contributed by atoms with E-state index in [9.17, 15) is 4.39 Å². The molecule has 0 aliphatic heterocycles. The number of benzene rings is 1. The first-order valence-corrected chi connectivity index (χ1v) is 9.06. The van der Waals surface area contributed by atoms with E-state index < -0.39 is 0 Å². The van der Waals surface area contributed by atoms with Crippen LogP contribution in [0.15, 0.2) is 47.6 Å². The highest BCUT2D eigenvalue weighted by molar-refractivity contribution is 5.88. The minimum absolute atomic E-state index is 0.200. The van der Waals surface area contributed by atoms with Crippen LogP contribution in [0.4, 0.5) is 10.2 Å². The van der Waals surface area contributed by atoms with Gasteiger partial charge in [-0.05, 0) is 80.0 Å². The van der Waals surface area contributed by atoms with Crippen LogP contribution in [0.25, 0.3) is 5.57 Å². The van der Waals surface area contributed by atoms with E-state index in [2.05, 4.69) is 36.0 Å². The van der Waals surface area contributed by atoms with Crippen molar-refractivity contribution in [1.82, 2.24) is 4.98 Å². The molecule has 1 saturated carbocycles. The summed E-state index contributed by atoms with van der Waals surface area (Å²) in [6.07, 6.45) is 8.65. The molecule has 3 heteroatoms. The largest absolute Gasteiger partial charge is 0.238 e. The molecule has 130 valence electrons. The molecule has 2 aromatic rings. The lowest BCUT2D eigenvalue weighted by molar-refractivity contribution is 0.626. The Kier molecular flexibility index (Phi) is 5.42. The molecule has 1 heterocycles. The van der Waals surface area contributed by atoms with Gasteiger partial charge in [-0.3, -0.25) is 0 Å². The summed E-state index contributed by atoms with van der Waals surface area (Å²) >= 11 is 0. The molecule has 1 aliphatic rings. The third-order valence-electron chi connectivity index (χ3n) is 4.63. The molecule has 0 N–H and O–H groups in total. The maximum absolute atomic E-state index is 13.5. The van der Waals surface area contributed by atoms with Gasteiger partial charge >= 0.3 is 0 Å². The number of hydrogen-bond donors (Lipinski definition) is 0. The summed E-state index contributed by atoms with van der Waals surface area (Å²) in [7, 11) is 0. The van der Waals surface area contributed by atoms with Gasteiger partial charge in [-0.15, -0.1) is 0 Å². The second-order valence-electron chi connectivity index (χ2n) is 6.80. The van der Waals surface area contributed by atoms with Gasteiger partial charge in [0.2, 0.25) is 0 Å². The van der Waals surface area contributed by atoms with E-state index in [1.165, 1.54) is 24.6 Å². The molecule has 1 aliphatic carbocycles. The fourth-order valence-corrected chi connectivity index (χ4v) is 2.99. The van der Waals surface area contributed by atoms with Crippen LogP contribution in [0, 0.1) is 18.7 Å². The van der Waals surface area contributed by atoms with Crippen molar-refractivity contribution in [2.75, 3.05) is 0 Å². The Morgan fingerprint density at radius 2 is 2.08 bits per heavy atom. The Hall–Kier alpha value is -2.29. The Morgan fingerprint density at radius 3 is 2.68 bits per heavy atom. The lowest BCUT2D eigenvalue weighted by Gasteiger charge is -2.12. The Morgan fingerprint density at radius 1 is 1.28 bits per heavy atom. The van der Waals surface area contributed by atoms with E-state index in [-0.39, 0.29) is 5.82 Å². The fourth-order valence-electron chi connectivity index (χ4n) is 2.99. The van der Waals surface area contributed by atoms with Gasteiger partial charge in [0, 0.05) is 17.5 Å². The van der Waals surface area contributed by atoms with Crippen LogP contribution in [0.1, 0.15) is 56.2 Å². The summed E-state index contributed by atoms with van der Waals surface area (Å²) in [5.74, 6) is 1.22. The van der Waals surface area contributed by atoms with Crippen molar-refractivity contribution in [1.29, 1.82) is 0 Å². The summed E-state index contributed by atoms with van der Waals surface area (Å²) in [5, 5.41) is 0. The highest BCUT2D eigenvalue weighted by Crippen LogP contribution is 2.32. The highest BCUT2D eigenvalue weighted by Gasteiger charge is 2.24. The summed E-state index contributed by atoms with van der Waals surface area (Å²) in [6, 6.07) is 9.00. The summed E-state index contributed by atoms with van der Waals surface area (Å²) < 4.78 is 13.5. The zero-order valence-corrected chi connectivity index (χ0v) is 15.2. The lowest BCUT2D eigenvalue weighted by Crippen LogP contribution is -1.95. The maximum atomic E-state index is 13.5. The normalized spacial score (nSPS) is 15.5. The zero-order valence-electron chi connectivity index (χ0n) is 15.2. The first-order chi connectivity index (χ1) is 12.1. The number of allylic oxidation sites excluding steroid dienone is 1. The van der Waals surface area contributed by atoms with E-state index in [0.29, 0.717) is 5.92 Å². The van der Waals surface area contributed by atoms with Crippen molar-refractivity contribution < 1.29 is 4.39 Å². The standard InChI is InChI=1S/C22H25FN2/c1-4-5-6-21(20-11-10-19(23)13-15(20)2)18-9-12-22(24-14-18)25-16(3)17-7-8-17/h6,9-14,17H,4-5,7-8H2,1-3H3. The second kappa shape index (κ2) is 7.73. The van der Waals surface area contributed by atoms with E-state index in [1.807, 2.05) is 25.3 Å². The molecule has 0 amide bonds. The van der Waals surface area contributed by atoms with Crippen LogP contribution in [-0.2, 0) is 0 Å². The number of nitrogens with zero attached hydrogens (tertiary/aromatic N) is 2. The molecule has 0 radical (unpaired) electrons. The van der Waals surface area contributed by atoms with Crippen molar-refractivity contribution in [2.24, 2.45) is 10.9 Å². The zero-order chi connectivity index (χ0) is 17.8. The van der Waals surface area contributed by atoms with Crippen LogP contribution >= 0.6 is 0 Å². The van der Waals surface area contributed by atoms with Crippen molar-refractivity contribution in [3.8, 4) is 0 Å². The Bertz CT molecular complexity index is 799. The van der Waals surface area contributed by atoms with E-state index in [0.717, 1.165) is 40.9 Å². The second-order valence-corrected chi connectivity index (χ2v) is 6.80. The molecular formula is C22H25FN2. The number of rotatable bonds is 6. The molecule has 0 spiro atoms. The fraction of sp³-hybridized carbons (Fsp3) is 0.364. The van der Waals surface area contributed by atoms with Crippen molar-refractivity contribution >= 4 is 17.1 Å². The lowest BCUT2D eigenvalue weighted by atomic mass is 9.94. The van der Waals surface area contributed by atoms with Crippen molar-refractivity contribution in [2.45, 2.75) is 46.5 Å². The van der Waals surface area contributed by atoms with E-state index in [4.69, 9.17) is 0 Å². The number of aryl methyl sites for hydroxylation is 1. The van der Waals surface area contributed by atoms with Gasteiger partial charge in [-0.25, -0.2) is 14.4 Å². The van der Waals surface area contributed by atoms with Gasteiger partial charge in [0.15, 0.2) is 5.82 Å². The van der Waals surface area contributed by atoms with Gasteiger partial charge in [0.1, 0.15) is 5.82 Å². The molecule has 25 heavy (non-hydrogen) atoms. The molecule has 0 unspecified atom stereocenters. The molecule has 1 aromatic carbocycles. The van der Waals surface area contributed by atoms with Gasteiger partial charge in [0.25, 0.3) is 0 Å². The van der Waals surface area contributed by atoms with Crippen LogP contribution in [0.5, 0.6) is 0 Å². The number of pyridine rings is 1. The van der Waals surface area contributed by atoms with Crippen molar-refractivity contribution in [3.05, 3.63) is 65.1 Å². The Labute approximate surface area is 149 Å². The first-order valence-electron chi connectivity index (χ1n) is 9.06. The van der Waals surface area contributed by atoms with Crippen LogP contribution in [0.2, 0.25) is 0 Å². The minimum Gasteiger partial charge on any atom is -0.238 e. The number of unbranched alkanes of at least 4 members (excludes halogenated alkanes) is 1. The smallest absolute Gasteiger partial charge is 0.151 e. The average molecular weight is 336 g/mol. The topological polar surface area (TPSA) is 25.2 Å². The van der Waals surface area contributed by atoms with Gasteiger partial charge in [0.05, 0.1) is 0 Å². The number of halogens is 1. The Balaban J connectivity index is 1.92. The third kappa shape index (κ3) is 4.41. The van der Waals surface area contributed by atoms with Crippen LogP contribution in [0.3, 0.4) is 0 Å². The molecule has 3 rings (SSSR count). The number of aliphatic imine (C=N–C) groups is 1. The monoisotopic (exact) mass is 336 g/mol. The molecule has 0 saturated heterocycles. The number of aromatic nitrogens is 1. The quantitative estimate of drug-likeness (QED) is 0.571. The molecular weight excluding hydrogens is 311 g/mol. The maximum Gasteiger partial charge on any atom is 0.151 e. The molecule has 0 bridgehead atoms. The summed E-state index contributed by atoms with van der Waals surface area (Å²) in [4.78, 5) is 9.15. The molecule has 2 nitrogen and oxygen atoms in total. The highest BCUT2D eigenvalue weighted by atomic mass is 19.1. The first kappa shape index (κ1) is 17.5. The van der Waals surface area contributed by atoms with Gasteiger partial charge in [-0.1, -0.05) is 25.5 Å². The molecule has 1 aromatic heterocycles. The predicted octanol–water partition coefficient (Wildman–Crippen LogP) is 6.26. The van der Waals surface area contributed by atoms with Crippen molar-refractivity contribution in [3.63, 3.8) is 0 Å². The minimum atomic E-state index is -0.200. The molecule has 0 atom stereocenters. The summed E-state index contributed by atoms with van der Waals surface area (Å²) in [5.41, 5.74) is 5.33. The van der Waals surface area contributed by atoms with Crippen LogP contribution < -0.4 is 0 Å². The summed E-state index contributed by atoms with van der Waals surface area (Å²) in [6.45, 7) is 6.19. The molecule has 1 fully saturated rings. The van der Waals surface area contributed by atoms with E-state index in [1.54, 1.807) is 6.07 Å². The van der Waals surface area contributed by atoms with Gasteiger partial charge < -0.3 is 0 Å². The number of hydrogen-bond acceptors (Lipinski definition) is 2. The SMILES string of the molecule is CCCC=C(c1ccc(N=C(C)C2CC2)nc1)c1ccc(F)cc1C. The van der Waals surface area contributed by atoms with Crippen LogP contribution in [-0.4, -0.2) is 10.7 Å². The predicted molar refractivity (Wildman–Crippen MR) is 103 cm³/mol.